The van der Waals surface area contributed by atoms with Crippen LogP contribution >= 0.6 is 0 Å². The lowest BCUT2D eigenvalue weighted by Gasteiger charge is -2.14. The first-order valence-electron chi connectivity index (χ1n) is 7.76. The number of fused-ring (bicyclic) bond motifs is 1. The number of nitrogens with zero attached hydrogens (tertiary/aromatic N) is 2. The highest BCUT2D eigenvalue weighted by Gasteiger charge is 2.21. The monoisotopic (exact) mass is 357 g/mol. The summed E-state index contributed by atoms with van der Waals surface area (Å²) in [5.41, 5.74) is -0.807. The smallest absolute Gasteiger partial charge is 0.293 e. The van der Waals surface area contributed by atoms with Gasteiger partial charge in [-0.15, -0.1) is 0 Å². The average molecular weight is 357 g/mol. The number of hydrogen-bond donors (Lipinski definition) is 2. The molecule has 0 saturated heterocycles. The van der Waals surface area contributed by atoms with E-state index < -0.39 is 28.6 Å². The number of aromatic nitrogens is 2. The molecule has 0 saturated carbocycles. The van der Waals surface area contributed by atoms with Crippen LogP contribution in [-0.4, -0.2) is 27.2 Å². The zero-order valence-corrected chi connectivity index (χ0v) is 14.1. The molecule has 0 atom stereocenters. The minimum absolute atomic E-state index is 0.0173. The highest BCUT2D eigenvalue weighted by atomic mass is 19.1. The molecular weight excluding hydrogens is 341 g/mol. The highest BCUT2D eigenvalue weighted by molar-refractivity contribution is 6.06. The van der Waals surface area contributed by atoms with E-state index in [0.29, 0.717) is 5.56 Å². The van der Waals surface area contributed by atoms with Crippen molar-refractivity contribution >= 4 is 16.7 Å². The quantitative estimate of drug-likeness (QED) is 0.730. The van der Waals surface area contributed by atoms with Crippen LogP contribution in [0.1, 0.15) is 16.1 Å². The van der Waals surface area contributed by atoms with Crippen molar-refractivity contribution in [1.82, 2.24) is 14.5 Å². The first-order chi connectivity index (χ1) is 12.3. The van der Waals surface area contributed by atoms with Crippen LogP contribution in [0.15, 0.2) is 46.1 Å². The summed E-state index contributed by atoms with van der Waals surface area (Å²) in [6.45, 7) is 0.124. The van der Waals surface area contributed by atoms with Crippen molar-refractivity contribution < 1.29 is 14.3 Å². The molecule has 2 heterocycles. The Balaban J connectivity index is 2.26. The van der Waals surface area contributed by atoms with Gasteiger partial charge in [0.1, 0.15) is 11.5 Å². The molecule has 7 nitrogen and oxygen atoms in total. The molecule has 3 rings (SSSR count). The number of hydrogen-bond acceptors (Lipinski definition) is 4. The van der Waals surface area contributed by atoms with E-state index in [9.17, 15) is 23.9 Å². The van der Waals surface area contributed by atoms with Crippen molar-refractivity contribution in [3.63, 3.8) is 0 Å². The van der Waals surface area contributed by atoms with Gasteiger partial charge in [-0.05, 0) is 23.8 Å². The molecule has 0 bridgehead atoms. The molecule has 1 aromatic carbocycles. The predicted molar refractivity (Wildman–Crippen MR) is 94.0 cm³/mol. The van der Waals surface area contributed by atoms with Crippen LogP contribution in [0.2, 0.25) is 0 Å². The van der Waals surface area contributed by atoms with Crippen LogP contribution in [0.25, 0.3) is 10.8 Å². The number of pyridine rings is 2. The van der Waals surface area contributed by atoms with Crippen molar-refractivity contribution in [3.8, 4) is 5.75 Å². The molecule has 26 heavy (non-hydrogen) atoms. The van der Waals surface area contributed by atoms with E-state index in [1.54, 1.807) is 0 Å². The first-order valence-corrected chi connectivity index (χ1v) is 7.76. The Morgan fingerprint density at radius 2 is 1.81 bits per heavy atom. The summed E-state index contributed by atoms with van der Waals surface area (Å²) in [6, 6.07) is 7.11. The summed E-state index contributed by atoms with van der Waals surface area (Å²) >= 11 is 0. The first kappa shape index (κ1) is 17.4. The largest absolute Gasteiger partial charge is 0.502 e. The lowest BCUT2D eigenvalue weighted by molar-refractivity contribution is 0.0955. The van der Waals surface area contributed by atoms with Crippen LogP contribution < -0.4 is 16.4 Å². The van der Waals surface area contributed by atoms with Crippen LogP contribution in [-0.2, 0) is 13.6 Å². The average Bonchev–Trinajstić information content (AvgIpc) is 2.63. The Hall–Kier alpha value is -3.42. The third-order valence-electron chi connectivity index (χ3n) is 4.21. The normalized spacial score (nSPS) is 10.9. The maximum Gasteiger partial charge on any atom is 0.293 e. The molecule has 134 valence electrons. The topological polar surface area (TPSA) is 93.3 Å². The summed E-state index contributed by atoms with van der Waals surface area (Å²) in [7, 11) is 2.75. The fourth-order valence-corrected chi connectivity index (χ4v) is 2.85. The van der Waals surface area contributed by atoms with Gasteiger partial charge >= 0.3 is 0 Å². The second kappa shape index (κ2) is 6.47. The van der Waals surface area contributed by atoms with Gasteiger partial charge in [-0.25, -0.2) is 4.39 Å². The molecular formula is C18H16FN3O4. The van der Waals surface area contributed by atoms with E-state index in [1.165, 1.54) is 55.2 Å². The lowest BCUT2D eigenvalue weighted by atomic mass is 10.1. The number of benzene rings is 1. The SMILES string of the molecule is CNC(=O)c1c2ccn(Cc3ccc(F)cc3)c(=O)c2c(O)c(=O)n1C. The van der Waals surface area contributed by atoms with E-state index in [4.69, 9.17) is 0 Å². The van der Waals surface area contributed by atoms with Gasteiger partial charge in [0.15, 0.2) is 5.75 Å². The van der Waals surface area contributed by atoms with E-state index in [-0.39, 0.29) is 23.0 Å². The van der Waals surface area contributed by atoms with Crippen molar-refractivity contribution in [1.29, 1.82) is 0 Å². The second-order valence-corrected chi connectivity index (χ2v) is 5.80. The molecule has 2 N–H and O–H groups in total. The van der Waals surface area contributed by atoms with E-state index in [0.717, 1.165) is 4.57 Å². The Kier molecular flexibility index (Phi) is 4.33. The van der Waals surface area contributed by atoms with Gasteiger partial charge in [0.25, 0.3) is 17.0 Å². The summed E-state index contributed by atoms with van der Waals surface area (Å²) in [6.07, 6.45) is 1.46. The number of carbonyl (C=O) groups is 1. The minimum atomic E-state index is -0.840. The molecule has 0 aliphatic carbocycles. The number of halogens is 1. The summed E-state index contributed by atoms with van der Waals surface area (Å²) < 4.78 is 15.3. The minimum Gasteiger partial charge on any atom is -0.502 e. The molecule has 8 heteroatoms. The molecule has 0 radical (unpaired) electrons. The van der Waals surface area contributed by atoms with Crippen LogP contribution in [0.4, 0.5) is 4.39 Å². The molecule has 1 amide bonds. The molecule has 2 aromatic heterocycles. The molecule has 0 aliphatic heterocycles. The van der Waals surface area contributed by atoms with Gasteiger partial charge in [-0.3, -0.25) is 14.4 Å². The van der Waals surface area contributed by atoms with E-state index in [2.05, 4.69) is 5.32 Å². The maximum atomic E-state index is 13.0. The number of aromatic hydroxyl groups is 1. The van der Waals surface area contributed by atoms with Gasteiger partial charge in [0.2, 0.25) is 0 Å². The van der Waals surface area contributed by atoms with Crippen LogP contribution in [0.5, 0.6) is 5.75 Å². The Morgan fingerprint density at radius 3 is 2.42 bits per heavy atom. The number of amides is 1. The van der Waals surface area contributed by atoms with Gasteiger partial charge in [0.05, 0.1) is 11.9 Å². The summed E-state index contributed by atoms with van der Waals surface area (Å²) in [5.74, 6) is -1.66. The van der Waals surface area contributed by atoms with Crippen molar-refractivity contribution in [2.24, 2.45) is 7.05 Å². The maximum absolute atomic E-state index is 13.0. The molecule has 0 aliphatic rings. The number of rotatable bonds is 3. The van der Waals surface area contributed by atoms with Crippen molar-refractivity contribution in [2.75, 3.05) is 7.05 Å². The Labute approximate surface area is 146 Å². The van der Waals surface area contributed by atoms with Gasteiger partial charge < -0.3 is 19.6 Å². The zero-order chi connectivity index (χ0) is 19.0. The van der Waals surface area contributed by atoms with E-state index >= 15 is 0 Å². The predicted octanol–water partition coefficient (Wildman–Crippen LogP) is 0.953. The molecule has 0 fully saturated rings. The third kappa shape index (κ3) is 2.75. The van der Waals surface area contributed by atoms with Crippen LogP contribution in [0.3, 0.4) is 0 Å². The Bertz CT molecular complexity index is 1130. The fraction of sp³-hybridized carbons (Fsp3) is 0.167. The number of nitrogens with one attached hydrogen (secondary N) is 1. The summed E-state index contributed by atoms with van der Waals surface area (Å²) in [4.78, 5) is 37.2. The second-order valence-electron chi connectivity index (χ2n) is 5.80. The van der Waals surface area contributed by atoms with Crippen molar-refractivity contribution in [3.05, 3.63) is 74.3 Å². The third-order valence-corrected chi connectivity index (χ3v) is 4.21. The molecule has 3 aromatic rings. The van der Waals surface area contributed by atoms with E-state index in [1.807, 2.05) is 0 Å². The van der Waals surface area contributed by atoms with Crippen molar-refractivity contribution in [2.45, 2.75) is 6.54 Å². The van der Waals surface area contributed by atoms with Gasteiger partial charge in [0, 0.05) is 25.7 Å². The lowest BCUT2D eigenvalue weighted by Crippen LogP contribution is -2.31. The number of carbonyl (C=O) groups excluding carboxylic acids is 1. The van der Waals surface area contributed by atoms with Gasteiger partial charge in [-0.2, -0.15) is 0 Å². The summed E-state index contributed by atoms with van der Waals surface area (Å²) in [5, 5.41) is 12.6. The fourth-order valence-electron chi connectivity index (χ4n) is 2.85. The Morgan fingerprint density at radius 1 is 1.15 bits per heavy atom. The molecule has 0 unspecified atom stereocenters. The zero-order valence-electron chi connectivity index (χ0n) is 14.1. The van der Waals surface area contributed by atoms with Crippen LogP contribution in [0, 0.1) is 5.82 Å². The molecule has 0 spiro atoms. The van der Waals surface area contributed by atoms with Gasteiger partial charge in [-0.1, -0.05) is 12.1 Å². The highest BCUT2D eigenvalue weighted by Crippen LogP contribution is 2.21. The standard InChI is InChI=1S/C18H16FN3O4/c1-20-16(24)14-12-7-8-22(9-10-3-5-11(19)6-4-10)17(25)13(12)15(23)18(26)21(14)2/h3-8,23H,9H2,1-2H3,(H,20,24).